The van der Waals surface area contributed by atoms with E-state index in [2.05, 4.69) is 17.4 Å². The molecule has 0 aliphatic carbocycles. The molecule has 0 atom stereocenters. The molecule has 0 aliphatic rings. The van der Waals surface area contributed by atoms with E-state index in [0.717, 1.165) is 16.9 Å². The number of carbonyl (C=O) groups is 1. The van der Waals surface area contributed by atoms with E-state index in [1.165, 1.54) is 0 Å². The van der Waals surface area contributed by atoms with Crippen molar-refractivity contribution in [1.29, 1.82) is 0 Å². The third kappa shape index (κ3) is 6.66. The van der Waals surface area contributed by atoms with E-state index in [-0.39, 0.29) is 12.5 Å². The van der Waals surface area contributed by atoms with Crippen LogP contribution in [0, 0.1) is 0 Å². The fourth-order valence-electron chi connectivity index (χ4n) is 2.72. The Hall–Kier alpha value is -3.31. The van der Waals surface area contributed by atoms with Crippen LogP contribution in [-0.4, -0.2) is 32.3 Å². The van der Waals surface area contributed by atoms with Crippen LogP contribution < -0.4 is 14.8 Å². The molecule has 0 aliphatic heterocycles. The number of rotatable bonds is 10. The van der Waals surface area contributed by atoms with Crippen LogP contribution in [0.5, 0.6) is 11.5 Å². The van der Waals surface area contributed by atoms with Gasteiger partial charge in [0.1, 0.15) is 18.1 Å². The minimum absolute atomic E-state index is 0.0582. The molecule has 1 N–H and O–H groups in total. The average molecular weight is 391 g/mol. The first-order valence-corrected chi connectivity index (χ1v) is 9.63. The zero-order valence-electron chi connectivity index (χ0n) is 16.5. The number of hydrogen-bond acceptors (Lipinski definition) is 4. The molecule has 3 aromatic carbocycles. The Labute approximate surface area is 171 Å². The van der Waals surface area contributed by atoms with Crippen molar-refractivity contribution in [2.45, 2.75) is 6.92 Å². The molecule has 0 saturated heterocycles. The van der Waals surface area contributed by atoms with Gasteiger partial charge in [-0.25, -0.2) is 0 Å². The molecule has 5 nitrogen and oxygen atoms in total. The van der Waals surface area contributed by atoms with E-state index in [1.807, 2.05) is 61.5 Å². The average Bonchev–Trinajstić information content (AvgIpc) is 2.77. The maximum Gasteiger partial charge on any atom is 0.262 e. The van der Waals surface area contributed by atoms with Crippen LogP contribution in [0.25, 0.3) is 11.1 Å². The maximum atomic E-state index is 12.1. The molecule has 150 valence electrons. The Kier molecular flexibility index (Phi) is 7.66. The van der Waals surface area contributed by atoms with E-state index in [0.29, 0.717) is 31.3 Å². The lowest BCUT2D eigenvalue weighted by Crippen LogP contribution is -2.20. The second kappa shape index (κ2) is 10.9. The van der Waals surface area contributed by atoms with Gasteiger partial charge in [0.25, 0.3) is 5.91 Å². The van der Waals surface area contributed by atoms with Gasteiger partial charge in [0, 0.05) is 12.3 Å². The zero-order valence-corrected chi connectivity index (χ0v) is 16.5. The first-order valence-electron chi connectivity index (χ1n) is 9.63. The zero-order chi connectivity index (χ0) is 20.3. The second-order valence-electron chi connectivity index (χ2n) is 6.30. The number of nitrogens with one attached hydrogen (secondary N) is 1. The maximum absolute atomic E-state index is 12.1. The van der Waals surface area contributed by atoms with Gasteiger partial charge in [-0.1, -0.05) is 42.5 Å². The Balaban J connectivity index is 1.44. The summed E-state index contributed by atoms with van der Waals surface area (Å²) in [4.78, 5) is 12.1. The molecule has 0 aromatic heterocycles. The monoisotopic (exact) mass is 391 g/mol. The van der Waals surface area contributed by atoms with Crippen molar-refractivity contribution >= 4 is 11.6 Å². The van der Waals surface area contributed by atoms with Crippen molar-refractivity contribution in [3.63, 3.8) is 0 Å². The molecule has 0 heterocycles. The van der Waals surface area contributed by atoms with E-state index >= 15 is 0 Å². The molecule has 5 heteroatoms. The van der Waals surface area contributed by atoms with Gasteiger partial charge in [-0.3, -0.25) is 4.79 Å². The number of ether oxygens (including phenoxy) is 3. The Morgan fingerprint density at radius 2 is 1.38 bits per heavy atom. The summed E-state index contributed by atoms with van der Waals surface area (Å²) in [6, 6.07) is 25.0. The van der Waals surface area contributed by atoms with Gasteiger partial charge < -0.3 is 19.5 Å². The van der Waals surface area contributed by atoms with Crippen molar-refractivity contribution in [3.05, 3.63) is 78.9 Å². The van der Waals surface area contributed by atoms with E-state index in [9.17, 15) is 4.79 Å². The number of hydrogen-bond donors (Lipinski definition) is 1. The quantitative estimate of drug-likeness (QED) is 0.505. The molecule has 3 aromatic rings. The summed E-state index contributed by atoms with van der Waals surface area (Å²) >= 11 is 0. The summed E-state index contributed by atoms with van der Waals surface area (Å²) in [5, 5.41) is 2.81. The number of carbonyl (C=O) groups excluding carboxylic acids is 1. The highest BCUT2D eigenvalue weighted by Gasteiger charge is 2.05. The van der Waals surface area contributed by atoms with Gasteiger partial charge in [-0.2, -0.15) is 0 Å². The van der Waals surface area contributed by atoms with Crippen LogP contribution in [0.3, 0.4) is 0 Å². The van der Waals surface area contributed by atoms with Crippen LogP contribution in [0.1, 0.15) is 6.92 Å². The smallest absolute Gasteiger partial charge is 0.262 e. The van der Waals surface area contributed by atoms with Gasteiger partial charge in [0.2, 0.25) is 0 Å². The summed E-state index contributed by atoms with van der Waals surface area (Å²) in [5.41, 5.74) is 2.93. The summed E-state index contributed by atoms with van der Waals surface area (Å²) < 4.78 is 16.4. The van der Waals surface area contributed by atoms with Crippen molar-refractivity contribution in [3.8, 4) is 22.6 Å². The molecule has 0 radical (unpaired) electrons. The van der Waals surface area contributed by atoms with Gasteiger partial charge >= 0.3 is 0 Å². The first-order chi connectivity index (χ1) is 14.2. The van der Waals surface area contributed by atoms with Crippen LogP contribution in [-0.2, 0) is 9.53 Å². The fraction of sp³-hybridized carbons (Fsp3) is 0.208. The Morgan fingerprint density at radius 1 is 0.759 bits per heavy atom. The highest BCUT2D eigenvalue weighted by Crippen LogP contribution is 2.22. The van der Waals surface area contributed by atoms with Crippen LogP contribution >= 0.6 is 0 Å². The standard InChI is InChI=1S/C24H25NO4/c1-2-27-16-17-28-22-14-10-21(11-15-22)25-24(26)18-29-23-12-8-20(9-13-23)19-6-4-3-5-7-19/h3-15H,2,16-18H2,1H3,(H,25,26). The normalized spacial score (nSPS) is 10.4. The highest BCUT2D eigenvalue weighted by atomic mass is 16.5. The summed E-state index contributed by atoms with van der Waals surface area (Å²) in [6.45, 7) is 3.61. The van der Waals surface area contributed by atoms with Crippen molar-refractivity contribution in [1.82, 2.24) is 0 Å². The predicted octanol–water partition coefficient (Wildman–Crippen LogP) is 4.79. The van der Waals surface area contributed by atoms with Gasteiger partial charge in [-0.15, -0.1) is 0 Å². The van der Waals surface area contributed by atoms with Crippen LogP contribution in [0.2, 0.25) is 0 Å². The molecular weight excluding hydrogens is 366 g/mol. The van der Waals surface area contributed by atoms with Crippen molar-refractivity contribution in [2.75, 3.05) is 31.7 Å². The fourth-order valence-corrected chi connectivity index (χ4v) is 2.72. The SMILES string of the molecule is CCOCCOc1ccc(NC(=O)COc2ccc(-c3ccccc3)cc2)cc1. The minimum atomic E-state index is -0.220. The molecule has 0 saturated carbocycles. The van der Waals surface area contributed by atoms with Gasteiger partial charge in [-0.05, 0) is 54.4 Å². The van der Waals surface area contributed by atoms with Gasteiger partial charge in [0.05, 0.1) is 6.61 Å². The third-order valence-corrected chi connectivity index (χ3v) is 4.17. The molecule has 0 fully saturated rings. The summed E-state index contributed by atoms with van der Waals surface area (Å²) in [6.07, 6.45) is 0. The van der Waals surface area contributed by atoms with Crippen LogP contribution in [0.4, 0.5) is 5.69 Å². The molecule has 0 unspecified atom stereocenters. The molecule has 0 bridgehead atoms. The second-order valence-corrected chi connectivity index (χ2v) is 6.30. The molecule has 29 heavy (non-hydrogen) atoms. The van der Waals surface area contributed by atoms with E-state index in [4.69, 9.17) is 14.2 Å². The number of benzene rings is 3. The summed E-state index contributed by atoms with van der Waals surface area (Å²) in [5.74, 6) is 1.16. The lowest BCUT2D eigenvalue weighted by atomic mass is 10.1. The lowest BCUT2D eigenvalue weighted by Gasteiger charge is -2.10. The Bertz CT molecular complexity index is 877. The number of amides is 1. The predicted molar refractivity (Wildman–Crippen MR) is 114 cm³/mol. The van der Waals surface area contributed by atoms with E-state index in [1.54, 1.807) is 12.1 Å². The number of anilines is 1. The largest absolute Gasteiger partial charge is 0.491 e. The molecule has 1 amide bonds. The molecule has 3 rings (SSSR count). The summed E-state index contributed by atoms with van der Waals surface area (Å²) in [7, 11) is 0. The first kappa shape index (κ1) is 20.4. The van der Waals surface area contributed by atoms with Gasteiger partial charge in [0.15, 0.2) is 6.61 Å². The lowest BCUT2D eigenvalue weighted by molar-refractivity contribution is -0.118. The highest BCUT2D eigenvalue weighted by molar-refractivity contribution is 5.91. The van der Waals surface area contributed by atoms with Crippen molar-refractivity contribution in [2.24, 2.45) is 0 Å². The van der Waals surface area contributed by atoms with E-state index < -0.39 is 0 Å². The van der Waals surface area contributed by atoms with Crippen molar-refractivity contribution < 1.29 is 19.0 Å². The topological polar surface area (TPSA) is 56.8 Å². The van der Waals surface area contributed by atoms with Crippen LogP contribution in [0.15, 0.2) is 78.9 Å². The Morgan fingerprint density at radius 3 is 2.07 bits per heavy atom. The minimum Gasteiger partial charge on any atom is -0.491 e. The molecule has 0 spiro atoms. The third-order valence-electron chi connectivity index (χ3n) is 4.17. The molecular formula is C24H25NO4.